The maximum Gasteiger partial charge on any atom is 0.223 e. The molecule has 0 aliphatic carbocycles. The highest BCUT2D eigenvalue weighted by Crippen LogP contribution is 2.16. The van der Waals surface area contributed by atoms with Crippen molar-refractivity contribution in [2.75, 3.05) is 32.5 Å². The number of carbonyl (C=O) groups excluding carboxylic acids is 1. The Morgan fingerprint density at radius 3 is 2.58 bits per heavy atom. The predicted molar refractivity (Wildman–Crippen MR) is 95.7 cm³/mol. The molecule has 0 aliphatic rings. The monoisotopic (exact) mass is 356 g/mol. The second-order valence-corrected chi connectivity index (χ2v) is 8.13. The second kappa shape index (κ2) is 9.64. The molecule has 0 spiro atoms. The van der Waals surface area contributed by atoms with E-state index in [1.54, 1.807) is 14.0 Å². The van der Waals surface area contributed by atoms with Crippen LogP contribution in [0.5, 0.6) is 5.75 Å². The van der Waals surface area contributed by atoms with E-state index >= 15 is 0 Å². The quantitative estimate of drug-likeness (QED) is 0.649. The molecule has 1 N–H and O–H groups in total. The number of hydrogen-bond donors (Lipinski definition) is 1. The molecule has 24 heavy (non-hydrogen) atoms. The number of nitrogens with one attached hydrogen (secondary N) is 1. The van der Waals surface area contributed by atoms with Crippen LogP contribution in [-0.4, -0.2) is 51.1 Å². The average Bonchev–Trinajstić information content (AvgIpc) is 2.54. The van der Waals surface area contributed by atoms with Gasteiger partial charge in [0, 0.05) is 20.1 Å². The zero-order valence-corrected chi connectivity index (χ0v) is 15.8. The standard InChI is InChI=1S/C17H28N2O4S/c1-5-24(21,22)19(4)11-6-10-18-17(20)9-12-23-16-8-7-14(2)15(3)13-16/h7-8,13H,5-6,9-12H2,1-4H3,(H,18,20). The van der Waals surface area contributed by atoms with Crippen LogP contribution >= 0.6 is 0 Å². The molecule has 1 aromatic rings. The first-order valence-corrected chi connectivity index (χ1v) is 9.78. The second-order valence-electron chi connectivity index (χ2n) is 5.77. The van der Waals surface area contributed by atoms with Crippen molar-refractivity contribution in [3.05, 3.63) is 29.3 Å². The van der Waals surface area contributed by atoms with Crippen molar-refractivity contribution >= 4 is 15.9 Å². The lowest BCUT2D eigenvalue weighted by Crippen LogP contribution is -2.32. The van der Waals surface area contributed by atoms with Gasteiger partial charge in [-0.2, -0.15) is 0 Å². The van der Waals surface area contributed by atoms with Gasteiger partial charge in [0.2, 0.25) is 15.9 Å². The van der Waals surface area contributed by atoms with Gasteiger partial charge in [-0.1, -0.05) is 6.07 Å². The van der Waals surface area contributed by atoms with Crippen molar-refractivity contribution in [1.29, 1.82) is 0 Å². The van der Waals surface area contributed by atoms with Crippen LogP contribution in [-0.2, 0) is 14.8 Å². The van der Waals surface area contributed by atoms with Gasteiger partial charge in [-0.05, 0) is 50.5 Å². The summed E-state index contributed by atoms with van der Waals surface area (Å²) in [6.45, 7) is 6.84. The van der Waals surface area contributed by atoms with Crippen LogP contribution in [0.1, 0.15) is 30.9 Å². The number of sulfonamides is 1. The Hall–Kier alpha value is -1.60. The lowest BCUT2D eigenvalue weighted by atomic mass is 10.1. The summed E-state index contributed by atoms with van der Waals surface area (Å²) in [5.41, 5.74) is 2.36. The number of amides is 1. The molecule has 136 valence electrons. The van der Waals surface area contributed by atoms with E-state index in [-0.39, 0.29) is 18.1 Å². The van der Waals surface area contributed by atoms with Crippen LogP contribution in [0.15, 0.2) is 18.2 Å². The minimum absolute atomic E-state index is 0.0890. The summed E-state index contributed by atoms with van der Waals surface area (Å²) in [5, 5.41) is 2.77. The van der Waals surface area contributed by atoms with E-state index in [0.717, 1.165) is 11.3 Å². The van der Waals surface area contributed by atoms with E-state index in [0.29, 0.717) is 26.1 Å². The average molecular weight is 356 g/mol. The van der Waals surface area contributed by atoms with Gasteiger partial charge in [-0.15, -0.1) is 0 Å². The first-order chi connectivity index (χ1) is 11.3. The first kappa shape index (κ1) is 20.4. The molecule has 0 bridgehead atoms. The summed E-state index contributed by atoms with van der Waals surface area (Å²) >= 11 is 0. The van der Waals surface area contributed by atoms with Crippen molar-refractivity contribution in [3.63, 3.8) is 0 Å². The summed E-state index contributed by atoms with van der Waals surface area (Å²) in [6.07, 6.45) is 0.857. The third kappa shape index (κ3) is 6.88. The Morgan fingerprint density at radius 1 is 1.25 bits per heavy atom. The van der Waals surface area contributed by atoms with Crippen molar-refractivity contribution in [2.45, 2.75) is 33.6 Å². The highest BCUT2D eigenvalue weighted by atomic mass is 32.2. The molecule has 6 nitrogen and oxygen atoms in total. The summed E-state index contributed by atoms with van der Waals surface area (Å²) < 4.78 is 30.0. The van der Waals surface area contributed by atoms with Gasteiger partial charge in [-0.3, -0.25) is 4.79 Å². The smallest absolute Gasteiger partial charge is 0.223 e. The Labute approximate surface area is 145 Å². The molecule has 0 saturated heterocycles. The van der Waals surface area contributed by atoms with Gasteiger partial charge >= 0.3 is 0 Å². The van der Waals surface area contributed by atoms with E-state index in [2.05, 4.69) is 5.32 Å². The maximum absolute atomic E-state index is 11.7. The van der Waals surface area contributed by atoms with Crippen molar-refractivity contribution in [2.24, 2.45) is 0 Å². The topological polar surface area (TPSA) is 75.7 Å². The largest absolute Gasteiger partial charge is 0.493 e. The number of ether oxygens (including phenoxy) is 1. The fourth-order valence-electron chi connectivity index (χ4n) is 2.04. The summed E-state index contributed by atoms with van der Waals surface area (Å²) in [7, 11) is -1.60. The third-order valence-corrected chi connectivity index (χ3v) is 5.75. The van der Waals surface area contributed by atoms with Gasteiger partial charge < -0.3 is 10.1 Å². The van der Waals surface area contributed by atoms with Crippen molar-refractivity contribution < 1.29 is 17.9 Å². The summed E-state index contributed by atoms with van der Waals surface area (Å²) in [5.74, 6) is 0.753. The van der Waals surface area contributed by atoms with E-state index in [9.17, 15) is 13.2 Å². The van der Waals surface area contributed by atoms with E-state index in [4.69, 9.17) is 4.74 Å². The van der Waals surface area contributed by atoms with Crippen LogP contribution < -0.4 is 10.1 Å². The van der Waals surface area contributed by atoms with Gasteiger partial charge in [0.15, 0.2) is 0 Å². The molecule has 1 amide bonds. The molecule has 0 atom stereocenters. The van der Waals surface area contributed by atoms with Crippen molar-refractivity contribution in [3.8, 4) is 5.75 Å². The molecule has 1 rings (SSSR count). The fraction of sp³-hybridized carbons (Fsp3) is 0.588. The number of hydrogen-bond acceptors (Lipinski definition) is 4. The Morgan fingerprint density at radius 2 is 1.96 bits per heavy atom. The van der Waals surface area contributed by atoms with Gasteiger partial charge in [0.05, 0.1) is 18.8 Å². The molecular formula is C17H28N2O4S. The molecule has 0 radical (unpaired) electrons. The number of benzene rings is 1. The molecule has 0 aliphatic heterocycles. The van der Waals surface area contributed by atoms with Crippen LogP contribution in [0.3, 0.4) is 0 Å². The van der Waals surface area contributed by atoms with Crippen LogP contribution in [0, 0.1) is 13.8 Å². The fourth-order valence-corrected chi connectivity index (χ4v) is 2.89. The van der Waals surface area contributed by atoms with Crippen LogP contribution in [0.25, 0.3) is 0 Å². The summed E-state index contributed by atoms with van der Waals surface area (Å²) in [4.78, 5) is 11.7. The minimum Gasteiger partial charge on any atom is -0.493 e. The van der Waals surface area contributed by atoms with Gasteiger partial charge in [-0.25, -0.2) is 12.7 Å². The molecule has 0 fully saturated rings. The highest BCUT2D eigenvalue weighted by molar-refractivity contribution is 7.89. The minimum atomic E-state index is -3.15. The first-order valence-electron chi connectivity index (χ1n) is 8.17. The molecule has 0 saturated carbocycles. The van der Waals surface area contributed by atoms with Gasteiger partial charge in [0.1, 0.15) is 5.75 Å². The lowest BCUT2D eigenvalue weighted by Gasteiger charge is -2.15. The predicted octanol–water partition coefficient (Wildman–Crippen LogP) is 1.86. The molecule has 0 aromatic heterocycles. The normalized spacial score (nSPS) is 11.5. The molecule has 1 aromatic carbocycles. The lowest BCUT2D eigenvalue weighted by molar-refractivity contribution is -0.121. The highest BCUT2D eigenvalue weighted by Gasteiger charge is 2.14. The molecular weight excluding hydrogens is 328 g/mol. The number of carbonyl (C=O) groups is 1. The van der Waals surface area contributed by atoms with E-state index in [1.165, 1.54) is 9.87 Å². The van der Waals surface area contributed by atoms with E-state index in [1.807, 2.05) is 32.0 Å². The zero-order valence-electron chi connectivity index (χ0n) is 15.0. The SMILES string of the molecule is CCS(=O)(=O)N(C)CCCNC(=O)CCOc1ccc(C)c(C)c1. The van der Waals surface area contributed by atoms with Gasteiger partial charge in [0.25, 0.3) is 0 Å². The Balaban J connectivity index is 2.19. The maximum atomic E-state index is 11.7. The number of aryl methyl sites for hydroxylation is 2. The van der Waals surface area contributed by atoms with Crippen LogP contribution in [0.2, 0.25) is 0 Å². The third-order valence-electron chi connectivity index (χ3n) is 3.89. The molecule has 0 heterocycles. The number of rotatable bonds is 10. The van der Waals surface area contributed by atoms with Crippen LogP contribution in [0.4, 0.5) is 0 Å². The Bertz CT molecular complexity index is 644. The van der Waals surface area contributed by atoms with Crippen molar-refractivity contribution in [1.82, 2.24) is 9.62 Å². The Kier molecular flexibility index (Phi) is 8.21. The zero-order chi connectivity index (χ0) is 18.2. The van der Waals surface area contributed by atoms with E-state index < -0.39 is 10.0 Å². The number of nitrogens with zero attached hydrogens (tertiary/aromatic N) is 1. The summed E-state index contributed by atoms with van der Waals surface area (Å²) in [6, 6.07) is 5.84. The molecule has 7 heteroatoms. The molecule has 0 unspecified atom stereocenters.